The van der Waals surface area contributed by atoms with Crippen molar-refractivity contribution in [1.82, 2.24) is 0 Å². The second-order valence-corrected chi connectivity index (χ2v) is 5.74. The van der Waals surface area contributed by atoms with E-state index in [4.69, 9.17) is 5.73 Å². The topological polar surface area (TPSA) is 46.2 Å². The number of aliphatic hydroxyl groups excluding tert-OH is 1. The SMILES string of the molecule is CC(O)C(C)SCc1cccc(N)c1Br. The van der Waals surface area contributed by atoms with Gasteiger partial charge >= 0.3 is 0 Å². The van der Waals surface area contributed by atoms with Gasteiger partial charge in [-0.15, -0.1) is 0 Å². The van der Waals surface area contributed by atoms with Crippen LogP contribution in [0.15, 0.2) is 22.7 Å². The minimum atomic E-state index is -0.283. The summed E-state index contributed by atoms with van der Waals surface area (Å²) >= 11 is 5.19. The molecule has 84 valence electrons. The normalized spacial score (nSPS) is 14.9. The van der Waals surface area contributed by atoms with Gasteiger partial charge in [0.15, 0.2) is 0 Å². The molecule has 1 aromatic carbocycles. The van der Waals surface area contributed by atoms with Crippen LogP contribution < -0.4 is 5.73 Å². The van der Waals surface area contributed by atoms with Crippen molar-refractivity contribution in [3.8, 4) is 0 Å². The predicted octanol–water partition coefficient (Wildman–Crippen LogP) is 3.03. The van der Waals surface area contributed by atoms with Gasteiger partial charge in [0, 0.05) is 21.2 Å². The molecule has 4 heteroatoms. The number of aliphatic hydroxyl groups is 1. The van der Waals surface area contributed by atoms with Gasteiger partial charge < -0.3 is 10.8 Å². The van der Waals surface area contributed by atoms with Crippen LogP contribution in [0.4, 0.5) is 5.69 Å². The zero-order chi connectivity index (χ0) is 11.4. The number of anilines is 1. The van der Waals surface area contributed by atoms with E-state index in [-0.39, 0.29) is 11.4 Å². The molecule has 0 fully saturated rings. The molecule has 0 amide bonds. The maximum absolute atomic E-state index is 9.37. The molecule has 0 aliphatic carbocycles. The molecule has 0 aliphatic heterocycles. The fourth-order valence-corrected chi connectivity index (χ4v) is 2.62. The van der Waals surface area contributed by atoms with Crippen LogP contribution in [0.2, 0.25) is 0 Å². The number of halogens is 1. The van der Waals surface area contributed by atoms with Gasteiger partial charge in [-0.2, -0.15) is 11.8 Å². The molecule has 15 heavy (non-hydrogen) atoms. The molecule has 2 nitrogen and oxygen atoms in total. The standard InChI is InChI=1S/C11H16BrNOS/c1-7(14)8(2)15-6-9-4-3-5-10(13)11(9)12/h3-5,7-8,14H,6,13H2,1-2H3. The molecule has 1 rings (SSSR count). The molecule has 1 aromatic rings. The number of nitrogens with two attached hydrogens (primary N) is 1. The molecule has 0 saturated carbocycles. The Bertz CT molecular complexity index is 330. The molecule has 0 spiro atoms. The average Bonchev–Trinajstić information content (AvgIpc) is 2.19. The highest BCUT2D eigenvalue weighted by molar-refractivity contribution is 9.10. The van der Waals surface area contributed by atoms with Crippen LogP contribution in [0.1, 0.15) is 19.4 Å². The fourth-order valence-electron chi connectivity index (χ4n) is 1.07. The third-order valence-corrected chi connectivity index (χ3v) is 4.65. The monoisotopic (exact) mass is 289 g/mol. The number of hydrogen-bond donors (Lipinski definition) is 2. The van der Waals surface area contributed by atoms with Gasteiger partial charge in [0.25, 0.3) is 0 Å². The quantitative estimate of drug-likeness (QED) is 0.838. The van der Waals surface area contributed by atoms with E-state index < -0.39 is 0 Å². The lowest BCUT2D eigenvalue weighted by molar-refractivity contribution is 0.196. The van der Waals surface area contributed by atoms with Crippen LogP contribution in [0.25, 0.3) is 0 Å². The van der Waals surface area contributed by atoms with E-state index in [1.807, 2.05) is 32.0 Å². The van der Waals surface area contributed by atoms with Crippen molar-refractivity contribution >= 4 is 33.4 Å². The Labute approximate surface area is 103 Å². The summed E-state index contributed by atoms with van der Waals surface area (Å²) in [5, 5.41) is 9.60. The summed E-state index contributed by atoms with van der Waals surface area (Å²) in [6.45, 7) is 3.83. The molecule has 2 unspecified atom stereocenters. The Morgan fingerprint density at radius 3 is 2.73 bits per heavy atom. The number of rotatable bonds is 4. The summed E-state index contributed by atoms with van der Waals surface area (Å²) in [7, 11) is 0. The van der Waals surface area contributed by atoms with E-state index >= 15 is 0 Å². The van der Waals surface area contributed by atoms with Gasteiger partial charge in [-0.3, -0.25) is 0 Å². The van der Waals surface area contributed by atoms with Crippen molar-refractivity contribution < 1.29 is 5.11 Å². The van der Waals surface area contributed by atoms with E-state index in [1.54, 1.807) is 11.8 Å². The van der Waals surface area contributed by atoms with E-state index in [0.29, 0.717) is 0 Å². The van der Waals surface area contributed by atoms with E-state index in [0.717, 1.165) is 15.9 Å². The molecule has 0 heterocycles. The first-order valence-electron chi connectivity index (χ1n) is 4.85. The second kappa shape index (κ2) is 5.77. The first-order chi connectivity index (χ1) is 7.02. The molecule has 3 N–H and O–H groups in total. The van der Waals surface area contributed by atoms with Crippen molar-refractivity contribution in [2.75, 3.05) is 5.73 Å². The van der Waals surface area contributed by atoms with Crippen LogP contribution in [0, 0.1) is 0 Å². The first-order valence-corrected chi connectivity index (χ1v) is 6.69. The maximum atomic E-state index is 9.37. The molecule has 0 aromatic heterocycles. The third-order valence-electron chi connectivity index (χ3n) is 2.29. The summed E-state index contributed by atoms with van der Waals surface area (Å²) in [6, 6.07) is 5.86. The average molecular weight is 290 g/mol. The highest BCUT2D eigenvalue weighted by atomic mass is 79.9. The summed E-state index contributed by atoms with van der Waals surface area (Å²) in [4.78, 5) is 0. The molecule has 0 saturated heterocycles. The van der Waals surface area contributed by atoms with Gasteiger partial charge in [0.1, 0.15) is 0 Å². The Balaban J connectivity index is 2.62. The zero-order valence-corrected chi connectivity index (χ0v) is 11.3. The van der Waals surface area contributed by atoms with Crippen LogP contribution in [0.3, 0.4) is 0 Å². The predicted molar refractivity (Wildman–Crippen MR) is 71.0 cm³/mol. The van der Waals surface area contributed by atoms with Gasteiger partial charge in [0.2, 0.25) is 0 Å². The van der Waals surface area contributed by atoms with Crippen LogP contribution in [-0.2, 0) is 5.75 Å². The van der Waals surface area contributed by atoms with Gasteiger partial charge in [-0.25, -0.2) is 0 Å². The van der Waals surface area contributed by atoms with Gasteiger partial charge in [0.05, 0.1) is 6.10 Å². The summed E-state index contributed by atoms with van der Waals surface area (Å²) in [5.74, 6) is 0.859. The molecule has 0 aliphatic rings. The highest BCUT2D eigenvalue weighted by Gasteiger charge is 2.10. The molecular formula is C11H16BrNOS. The summed E-state index contributed by atoms with van der Waals surface area (Å²) in [5.41, 5.74) is 7.72. The number of benzene rings is 1. The van der Waals surface area contributed by atoms with Crippen molar-refractivity contribution in [2.24, 2.45) is 0 Å². The van der Waals surface area contributed by atoms with E-state index in [9.17, 15) is 5.11 Å². The Morgan fingerprint density at radius 2 is 2.13 bits per heavy atom. The smallest absolute Gasteiger partial charge is 0.0628 e. The zero-order valence-electron chi connectivity index (χ0n) is 8.90. The van der Waals surface area contributed by atoms with Gasteiger partial charge in [-0.05, 0) is 34.5 Å². The second-order valence-electron chi connectivity index (χ2n) is 3.58. The van der Waals surface area contributed by atoms with Gasteiger partial charge in [-0.1, -0.05) is 19.1 Å². The largest absolute Gasteiger partial charge is 0.398 e. The molecule has 0 radical (unpaired) electrons. The number of nitrogen functional groups attached to an aromatic ring is 1. The summed E-state index contributed by atoms with van der Waals surface area (Å²) in [6.07, 6.45) is -0.283. The Kier molecular flexibility index (Phi) is 4.96. The minimum absolute atomic E-state index is 0.235. The van der Waals surface area contributed by atoms with E-state index in [2.05, 4.69) is 15.9 Å². The van der Waals surface area contributed by atoms with E-state index in [1.165, 1.54) is 5.56 Å². The third kappa shape index (κ3) is 3.70. The van der Waals surface area contributed by atoms with Crippen LogP contribution >= 0.6 is 27.7 Å². The number of thioether (sulfide) groups is 1. The molecular weight excluding hydrogens is 274 g/mol. The molecule has 0 bridgehead atoms. The Morgan fingerprint density at radius 1 is 1.47 bits per heavy atom. The Hall–Kier alpha value is -0.190. The highest BCUT2D eigenvalue weighted by Crippen LogP contribution is 2.29. The number of hydrogen-bond acceptors (Lipinski definition) is 3. The van der Waals surface area contributed by atoms with Crippen molar-refractivity contribution in [3.63, 3.8) is 0 Å². The lowest BCUT2D eigenvalue weighted by Crippen LogP contribution is -2.15. The first kappa shape index (κ1) is 12.9. The lowest BCUT2D eigenvalue weighted by Gasteiger charge is -2.14. The lowest BCUT2D eigenvalue weighted by atomic mass is 10.2. The van der Waals surface area contributed by atoms with Crippen molar-refractivity contribution in [2.45, 2.75) is 31.0 Å². The van der Waals surface area contributed by atoms with Crippen LogP contribution in [0.5, 0.6) is 0 Å². The van der Waals surface area contributed by atoms with Crippen molar-refractivity contribution in [1.29, 1.82) is 0 Å². The minimum Gasteiger partial charge on any atom is -0.398 e. The fraction of sp³-hybridized carbons (Fsp3) is 0.455. The van der Waals surface area contributed by atoms with Crippen molar-refractivity contribution in [3.05, 3.63) is 28.2 Å². The maximum Gasteiger partial charge on any atom is 0.0628 e. The molecule has 2 atom stereocenters. The summed E-state index contributed by atoms with van der Waals surface area (Å²) < 4.78 is 0.968. The van der Waals surface area contributed by atoms with Crippen LogP contribution in [-0.4, -0.2) is 16.5 Å².